The third-order valence-corrected chi connectivity index (χ3v) is 1.99. The van der Waals surface area contributed by atoms with Gasteiger partial charge in [0.25, 0.3) is 0 Å². The third-order valence-electron chi connectivity index (χ3n) is 1.99. The number of aliphatic hydroxyl groups is 1. The Morgan fingerprint density at radius 3 is 2.00 bits per heavy atom. The Hall–Kier alpha value is -0.0000000000000000555. The van der Waals surface area contributed by atoms with Crippen molar-refractivity contribution in [3.05, 3.63) is 0 Å². The Balaban J connectivity index is 0.00000121. The molecule has 0 aromatic rings. The molecule has 1 saturated carbocycles. The number of alkyl halides is 3. The zero-order chi connectivity index (χ0) is 8.65. The summed E-state index contributed by atoms with van der Waals surface area (Å²) < 4.78 is 35.3. The van der Waals surface area contributed by atoms with Crippen LogP contribution in [0.2, 0.25) is 0 Å². The van der Waals surface area contributed by atoms with Crippen LogP contribution in [0.1, 0.15) is 12.8 Å². The van der Waals surface area contributed by atoms with E-state index in [2.05, 4.69) is 0 Å². The summed E-state index contributed by atoms with van der Waals surface area (Å²) in [7, 11) is 0. The average molecular weight is 206 g/mol. The van der Waals surface area contributed by atoms with Crippen LogP contribution in [0, 0.1) is 5.92 Å². The molecule has 1 aliphatic carbocycles. The van der Waals surface area contributed by atoms with E-state index in [4.69, 9.17) is 10.8 Å². The van der Waals surface area contributed by atoms with Crippen LogP contribution in [0.5, 0.6) is 0 Å². The summed E-state index contributed by atoms with van der Waals surface area (Å²) in [6.07, 6.45) is -6.10. The highest BCUT2D eigenvalue weighted by atomic mass is 35.5. The van der Waals surface area contributed by atoms with Crippen LogP contribution in [0.3, 0.4) is 0 Å². The van der Waals surface area contributed by atoms with Crippen molar-refractivity contribution in [1.29, 1.82) is 0 Å². The topological polar surface area (TPSA) is 46.2 Å². The lowest BCUT2D eigenvalue weighted by Gasteiger charge is -2.36. The molecule has 12 heavy (non-hydrogen) atoms. The maximum absolute atomic E-state index is 11.8. The molecule has 2 nitrogen and oxygen atoms in total. The van der Waals surface area contributed by atoms with E-state index in [1.807, 2.05) is 0 Å². The van der Waals surface area contributed by atoms with E-state index in [0.717, 1.165) is 0 Å². The van der Waals surface area contributed by atoms with Crippen molar-refractivity contribution >= 4 is 12.4 Å². The van der Waals surface area contributed by atoms with Gasteiger partial charge in [-0.3, -0.25) is 0 Å². The third kappa shape index (κ3) is 2.50. The number of nitrogens with two attached hydrogens (primary N) is 1. The minimum Gasteiger partial charge on any atom is -0.383 e. The summed E-state index contributed by atoms with van der Waals surface area (Å²) >= 11 is 0. The molecule has 1 atom stereocenters. The van der Waals surface area contributed by atoms with Crippen molar-refractivity contribution in [3.63, 3.8) is 0 Å². The van der Waals surface area contributed by atoms with Gasteiger partial charge >= 0.3 is 6.18 Å². The van der Waals surface area contributed by atoms with Crippen molar-refractivity contribution in [3.8, 4) is 0 Å². The summed E-state index contributed by atoms with van der Waals surface area (Å²) in [6.45, 7) is 0. The molecule has 6 heteroatoms. The van der Waals surface area contributed by atoms with Gasteiger partial charge in [0.15, 0.2) is 6.10 Å². The predicted molar refractivity (Wildman–Crippen MR) is 40.0 cm³/mol. The SMILES string of the molecule is Cl.NC1CC(C(O)C(F)(F)F)C1. The summed E-state index contributed by atoms with van der Waals surface area (Å²) in [5.74, 6) is -0.676. The normalized spacial score (nSPS) is 31.8. The van der Waals surface area contributed by atoms with Crippen LogP contribution < -0.4 is 5.73 Å². The van der Waals surface area contributed by atoms with Crippen LogP contribution in [0.25, 0.3) is 0 Å². The van der Waals surface area contributed by atoms with Gasteiger partial charge in [0.1, 0.15) is 0 Å². The molecule has 1 unspecified atom stereocenters. The first-order valence-corrected chi connectivity index (χ1v) is 3.41. The van der Waals surface area contributed by atoms with Gasteiger partial charge in [0.05, 0.1) is 0 Å². The van der Waals surface area contributed by atoms with Gasteiger partial charge < -0.3 is 10.8 Å². The molecule has 1 aliphatic rings. The molecule has 1 fully saturated rings. The molecule has 0 bridgehead atoms. The van der Waals surface area contributed by atoms with Gasteiger partial charge in [-0.15, -0.1) is 12.4 Å². The molecule has 0 spiro atoms. The highest BCUT2D eigenvalue weighted by Crippen LogP contribution is 2.36. The highest BCUT2D eigenvalue weighted by molar-refractivity contribution is 5.85. The van der Waals surface area contributed by atoms with Gasteiger partial charge in [0, 0.05) is 6.04 Å². The van der Waals surface area contributed by atoms with Crippen LogP contribution in [-0.4, -0.2) is 23.4 Å². The maximum atomic E-state index is 11.8. The standard InChI is InChI=1S/C6H10F3NO.ClH/c7-6(8,9)5(11)3-1-4(10)2-3;/h3-5,11H,1-2,10H2;1H. The molecule has 0 aromatic carbocycles. The van der Waals surface area contributed by atoms with Gasteiger partial charge in [-0.05, 0) is 18.8 Å². The molecule has 0 aromatic heterocycles. The molecule has 0 radical (unpaired) electrons. The van der Waals surface area contributed by atoms with Gasteiger partial charge in [-0.1, -0.05) is 0 Å². The lowest BCUT2D eigenvalue weighted by molar-refractivity contribution is -0.227. The minimum absolute atomic E-state index is 0. The average Bonchev–Trinajstić information content (AvgIpc) is 1.77. The Kier molecular flexibility index (Phi) is 3.81. The summed E-state index contributed by atoms with van der Waals surface area (Å²) in [4.78, 5) is 0. The summed E-state index contributed by atoms with van der Waals surface area (Å²) in [5, 5.41) is 8.64. The van der Waals surface area contributed by atoms with Crippen LogP contribution >= 0.6 is 12.4 Å². The van der Waals surface area contributed by atoms with Crippen molar-refractivity contribution in [2.75, 3.05) is 0 Å². The van der Waals surface area contributed by atoms with Gasteiger partial charge in [0.2, 0.25) is 0 Å². The Morgan fingerprint density at radius 1 is 1.33 bits per heavy atom. The van der Waals surface area contributed by atoms with Gasteiger partial charge in [-0.2, -0.15) is 13.2 Å². The molecular weight excluding hydrogens is 195 g/mol. The molecular formula is C6H11ClF3NO. The monoisotopic (exact) mass is 205 g/mol. The van der Waals surface area contributed by atoms with Crippen LogP contribution in [0.15, 0.2) is 0 Å². The maximum Gasteiger partial charge on any atom is 0.414 e. The van der Waals surface area contributed by atoms with Crippen molar-refractivity contribution < 1.29 is 18.3 Å². The largest absolute Gasteiger partial charge is 0.414 e. The van der Waals surface area contributed by atoms with Crippen LogP contribution in [0.4, 0.5) is 13.2 Å². The first kappa shape index (κ1) is 12.0. The van der Waals surface area contributed by atoms with Crippen molar-refractivity contribution in [2.24, 2.45) is 11.7 Å². The second-order valence-electron chi connectivity index (χ2n) is 2.98. The molecule has 0 saturated heterocycles. The van der Waals surface area contributed by atoms with Crippen LogP contribution in [-0.2, 0) is 0 Å². The van der Waals surface area contributed by atoms with E-state index in [-0.39, 0.29) is 31.3 Å². The lowest BCUT2D eigenvalue weighted by atomic mass is 9.77. The zero-order valence-electron chi connectivity index (χ0n) is 6.21. The van der Waals surface area contributed by atoms with E-state index in [9.17, 15) is 13.2 Å². The molecule has 0 aliphatic heterocycles. The number of hydrogen-bond donors (Lipinski definition) is 2. The molecule has 3 N–H and O–H groups in total. The predicted octanol–water partition coefficient (Wildman–Crippen LogP) is 1.07. The zero-order valence-corrected chi connectivity index (χ0v) is 7.03. The second kappa shape index (κ2) is 3.81. The van der Waals surface area contributed by atoms with Crippen molar-refractivity contribution in [1.82, 2.24) is 0 Å². The fourth-order valence-corrected chi connectivity index (χ4v) is 1.23. The Labute approximate surface area is 74.3 Å². The van der Waals surface area contributed by atoms with E-state index < -0.39 is 18.2 Å². The molecule has 1 rings (SSSR count). The quantitative estimate of drug-likeness (QED) is 0.673. The lowest BCUT2D eigenvalue weighted by Crippen LogP contribution is -2.47. The number of hydrogen-bond acceptors (Lipinski definition) is 2. The molecule has 74 valence electrons. The smallest absolute Gasteiger partial charge is 0.383 e. The number of aliphatic hydroxyl groups excluding tert-OH is 1. The fourth-order valence-electron chi connectivity index (χ4n) is 1.23. The number of rotatable bonds is 1. The van der Waals surface area contributed by atoms with E-state index in [1.165, 1.54) is 0 Å². The first-order valence-electron chi connectivity index (χ1n) is 3.41. The fraction of sp³-hybridized carbons (Fsp3) is 1.00. The summed E-state index contributed by atoms with van der Waals surface area (Å²) in [5.41, 5.74) is 5.27. The minimum atomic E-state index is -4.48. The van der Waals surface area contributed by atoms with E-state index in [1.54, 1.807) is 0 Å². The highest BCUT2D eigenvalue weighted by Gasteiger charge is 2.47. The van der Waals surface area contributed by atoms with E-state index in [0.29, 0.717) is 0 Å². The Bertz CT molecular complexity index is 146. The second-order valence-corrected chi connectivity index (χ2v) is 2.98. The number of halogens is 4. The summed E-state index contributed by atoms with van der Waals surface area (Å²) in [6, 6.07) is -0.156. The molecule has 0 heterocycles. The van der Waals surface area contributed by atoms with Crippen molar-refractivity contribution in [2.45, 2.75) is 31.2 Å². The first-order chi connectivity index (χ1) is 4.91. The van der Waals surface area contributed by atoms with E-state index >= 15 is 0 Å². The van der Waals surface area contributed by atoms with Gasteiger partial charge in [-0.25, -0.2) is 0 Å². The molecule has 0 amide bonds. The Morgan fingerprint density at radius 2 is 1.75 bits per heavy atom.